The number of hydrogen-bond donors (Lipinski definition) is 3. The monoisotopic (exact) mass is 317 g/mol. The average molecular weight is 318 g/mol. The second-order valence-corrected chi connectivity index (χ2v) is 5.43. The van der Waals surface area contributed by atoms with Crippen LogP contribution in [-0.2, 0) is 4.79 Å². The van der Waals surface area contributed by atoms with Crippen LogP contribution in [-0.4, -0.2) is 41.0 Å². The Morgan fingerprint density at radius 2 is 2.19 bits per heavy atom. The molecule has 3 N–H and O–H groups in total. The molecule has 1 aliphatic carbocycles. The summed E-state index contributed by atoms with van der Waals surface area (Å²) in [7, 11) is 0. The van der Waals surface area contributed by atoms with Crippen molar-refractivity contribution in [2.75, 3.05) is 6.61 Å². The Kier molecular flexibility index (Phi) is 5.39. The van der Waals surface area contributed by atoms with E-state index in [0.717, 1.165) is 12.5 Å². The zero-order valence-electron chi connectivity index (χ0n) is 11.3. The zero-order chi connectivity index (χ0) is 15.4. The van der Waals surface area contributed by atoms with E-state index in [-0.39, 0.29) is 17.4 Å². The van der Waals surface area contributed by atoms with Gasteiger partial charge in [0, 0.05) is 6.07 Å². The van der Waals surface area contributed by atoms with Crippen molar-refractivity contribution in [3.63, 3.8) is 0 Å². The lowest BCUT2D eigenvalue weighted by atomic mass is 9.90. The molecule has 2 rings (SSSR count). The second kappa shape index (κ2) is 7.06. The maximum atomic E-state index is 13.0. The molecular weight excluding hydrogens is 301 g/mol. The minimum atomic E-state index is -0.969. The van der Waals surface area contributed by atoms with Crippen LogP contribution in [0.3, 0.4) is 0 Å². The molecule has 1 saturated carbocycles. The van der Waals surface area contributed by atoms with Crippen LogP contribution in [0.4, 0.5) is 4.39 Å². The molecule has 0 aliphatic heterocycles. The van der Waals surface area contributed by atoms with Crippen LogP contribution in [0.5, 0.6) is 5.75 Å². The van der Waals surface area contributed by atoms with Crippen LogP contribution < -0.4 is 10.1 Å². The van der Waals surface area contributed by atoms with Crippen LogP contribution in [0.1, 0.15) is 19.3 Å². The standard InChI is InChI=1S/C14H17ClFNO4/c15-9-6-8(4-5-10(9)16)21-7-13(19)17-11-2-1-3-12(18)14(11)20/h4-6,11-12,14,18,20H,1-3,7H2,(H,17,19)/t11-,12-,14-/m1/s1. The van der Waals surface area contributed by atoms with E-state index < -0.39 is 30.0 Å². The Balaban J connectivity index is 1.83. The molecular formula is C14H17ClFNO4. The Labute approximate surface area is 126 Å². The van der Waals surface area contributed by atoms with Crippen LogP contribution in [0.2, 0.25) is 5.02 Å². The van der Waals surface area contributed by atoms with Gasteiger partial charge in [-0.3, -0.25) is 4.79 Å². The number of carbonyl (C=O) groups excluding carboxylic acids is 1. The third kappa shape index (κ3) is 4.30. The minimum Gasteiger partial charge on any atom is -0.484 e. The number of amides is 1. The highest BCUT2D eigenvalue weighted by molar-refractivity contribution is 6.30. The summed E-state index contributed by atoms with van der Waals surface area (Å²) >= 11 is 5.60. The number of halogens is 2. The maximum Gasteiger partial charge on any atom is 0.258 e. The van der Waals surface area contributed by atoms with Gasteiger partial charge in [0.1, 0.15) is 11.6 Å². The molecule has 116 valence electrons. The van der Waals surface area contributed by atoms with Crippen molar-refractivity contribution >= 4 is 17.5 Å². The molecule has 1 aliphatic rings. The summed E-state index contributed by atoms with van der Waals surface area (Å²) in [6.07, 6.45) is 0.0750. The van der Waals surface area contributed by atoms with E-state index in [4.69, 9.17) is 16.3 Å². The van der Waals surface area contributed by atoms with Crippen molar-refractivity contribution in [1.29, 1.82) is 0 Å². The molecule has 0 radical (unpaired) electrons. The molecule has 0 saturated heterocycles. The van der Waals surface area contributed by atoms with E-state index in [9.17, 15) is 19.4 Å². The molecule has 7 heteroatoms. The predicted octanol–water partition coefficient (Wildman–Crippen LogP) is 1.25. The highest BCUT2D eigenvalue weighted by atomic mass is 35.5. The molecule has 0 bridgehead atoms. The van der Waals surface area contributed by atoms with Gasteiger partial charge in [-0.2, -0.15) is 0 Å². The Morgan fingerprint density at radius 3 is 2.90 bits per heavy atom. The van der Waals surface area contributed by atoms with Crippen LogP contribution in [0, 0.1) is 5.82 Å². The van der Waals surface area contributed by atoms with Crippen molar-refractivity contribution in [1.82, 2.24) is 5.32 Å². The van der Waals surface area contributed by atoms with Gasteiger partial charge in [0.25, 0.3) is 5.91 Å². The van der Waals surface area contributed by atoms with E-state index in [1.807, 2.05) is 0 Å². The molecule has 1 fully saturated rings. The Morgan fingerprint density at radius 1 is 1.43 bits per heavy atom. The molecule has 0 aromatic heterocycles. The van der Waals surface area contributed by atoms with Crippen molar-refractivity contribution in [2.45, 2.75) is 37.5 Å². The summed E-state index contributed by atoms with van der Waals surface area (Å²) in [5.41, 5.74) is 0. The van der Waals surface area contributed by atoms with E-state index in [2.05, 4.69) is 5.32 Å². The molecule has 1 aromatic rings. The van der Waals surface area contributed by atoms with Crippen LogP contribution in [0.25, 0.3) is 0 Å². The van der Waals surface area contributed by atoms with E-state index >= 15 is 0 Å². The van der Waals surface area contributed by atoms with Gasteiger partial charge in [0.2, 0.25) is 0 Å². The average Bonchev–Trinajstić information content (AvgIpc) is 2.45. The Hall–Kier alpha value is -1.37. The van der Waals surface area contributed by atoms with Gasteiger partial charge in [-0.15, -0.1) is 0 Å². The number of carbonyl (C=O) groups is 1. The lowest BCUT2D eigenvalue weighted by Crippen LogP contribution is -2.51. The third-order valence-electron chi connectivity index (χ3n) is 3.43. The summed E-state index contributed by atoms with van der Waals surface area (Å²) in [6.45, 7) is -0.277. The fourth-order valence-electron chi connectivity index (χ4n) is 2.28. The van der Waals surface area contributed by atoms with E-state index in [1.165, 1.54) is 12.1 Å². The predicted molar refractivity (Wildman–Crippen MR) is 74.7 cm³/mol. The smallest absolute Gasteiger partial charge is 0.258 e. The number of nitrogens with one attached hydrogen (secondary N) is 1. The molecule has 5 nitrogen and oxygen atoms in total. The molecule has 0 unspecified atom stereocenters. The molecule has 0 heterocycles. The quantitative estimate of drug-likeness (QED) is 0.781. The van der Waals surface area contributed by atoms with E-state index in [1.54, 1.807) is 0 Å². The number of ether oxygens (including phenoxy) is 1. The number of aliphatic hydroxyl groups excluding tert-OH is 2. The largest absolute Gasteiger partial charge is 0.484 e. The first-order chi connectivity index (χ1) is 9.97. The first-order valence-corrected chi connectivity index (χ1v) is 7.08. The molecule has 3 atom stereocenters. The fourth-order valence-corrected chi connectivity index (χ4v) is 2.45. The first-order valence-electron chi connectivity index (χ1n) is 6.70. The fraction of sp³-hybridized carbons (Fsp3) is 0.500. The number of hydrogen-bond acceptors (Lipinski definition) is 4. The van der Waals surface area contributed by atoms with Gasteiger partial charge in [0.05, 0.1) is 23.3 Å². The number of rotatable bonds is 4. The Bertz CT molecular complexity index is 514. The molecule has 1 aromatic carbocycles. The van der Waals surface area contributed by atoms with Crippen molar-refractivity contribution in [2.24, 2.45) is 0 Å². The highest BCUT2D eigenvalue weighted by Crippen LogP contribution is 2.21. The van der Waals surface area contributed by atoms with Gasteiger partial charge < -0.3 is 20.3 Å². The summed E-state index contributed by atoms with van der Waals surface area (Å²) in [6, 6.07) is 3.31. The lowest BCUT2D eigenvalue weighted by Gasteiger charge is -2.32. The van der Waals surface area contributed by atoms with Crippen molar-refractivity contribution in [3.8, 4) is 5.75 Å². The summed E-state index contributed by atoms with van der Waals surface area (Å²) < 4.78 is 18.2. The molecule has 1 amide bonds. The molecule has 0 spiro atoms. The van der Waals surface area contributed by atoms with Gasteiger partial charge in [-0.05, 0) is 31.4 Å². The van der Waals surface area contributed by atoms with Crippen LogP contribution in [0.15, 0.2) is 18.2 Å². The summed E-state index contributed by atoms with van der Waals surface area (Å²) in [5, 5.41) is 21.8. The topological polar surface area (TPSA) is 78.8 Å². The minimum absolute atomic E-state index is 0.0845. The normalized spacial score (nSPS) is 25.4. The summed E-state index contributed by atoms with van der Waals surface area (Å²) in [5.74, 6) is -0.706. The molecule has 21 heavy (non-hydrogen) atoms. The van der Waals surface area contributed by atoms with Gasteiger partial charge in [0.15, 0.2) is 6.61 Å². The van der Waals surface area contributed by atoms with Gasteiger partial charge in [-0.1, -0.05) is 11.6 Å². The second-order valence-electron chi connectivity index (χ2n) is 5.03. The van der Waals surface area contributed by atoms with Gasteiger partial charge in [-0.25, -0.2) is 4.39 Å². The van der Waals surface area contributed by atoms with Crippen LogP contribution >= 0.6 is 11.6 Å². The lowest BCUT2D eigenvalue weighted by molar-refractivity contribution is -0.126. The zero-order valence-corrected chi connectivity index (χ0v) is 12.0. The van der Waals surface area contributed by atoms with Gasteiger partial charge >= 0.3 is 0 Å². The number of aliphatic hydroxyl groups is 2. The SMILES string of the molecule is O=C(COc1ccc(F)c(Cl)c1)N[C@@H]1CCC[C@@H](O)[C@@H]1O. The van der Waals surface area contributed by atoms with Crippen molar-refractivity contribution in [3.05, 3.63) is 29.0 Å². The highest BCUT2D eigenvalue weighted by Gasteiger charge is 2.31. The maximum absolute atomic E-state index is 13.0. The van der Waals surface area contributed by atoms with Crippen molar-refractivity contribution < 1.29 is 24.1 Å². The third-order valence-corrected chi connectivity index (χ3v) is 3.72. The number of benzene rings is 1. The summed E-state index contributed by atoms with van der Waals surface area (Å²) in [4.78, 5) is 11.8. The first kappa shape index (κ1) is 16.0. The van der Waals surface area contributed by atoms with E-state index in [0.29, 0.717) is 12.8 Å².